The van der Waals surface area contributed by atoms with Gasteiger partial charge in [-0.2, -0.15) is 0 Å². The van der Waals surface area contributed by atoms with Crippen LogP contribution in [0, 0.1) is 11.7 Å². The molecule has 2 aliphatic rings. The number of aromatic carboxylic acids is 1. The third-order valence-corrected chi connectivity index (χ3v) is 7.06. The van der Waals surface area contributed by atoms with Crippen LogP contribution in [0.4, 0.5) is 18.9 Å². The first kappa shape index (κ1) is 23.5. The van der Waals surface area contributed by atoms with Gasteiger partial charge in [0, 0.05) is 17.0 Å². The molecule has 0 amide bonds. The van der Waals surface area contributed by atoms with Crippen LogP contribution >= 0.6 is 11.9 Å². The number of likely N-dealkylation sites (N-methyl/N-ethyl adjacent to an activating group) is 1. The highest BCUT2D eigenvalue weighted by molar-refractivity contribution is 8.00. The molecule has 0 bridgehead atoms. The Morgan fingerprint density at radius 1 is 1.30 bits per heavy atom. The summed E-state index contributed by atoms with van der Waals surface area (Å²) < 4.78 is 50.3. The lowest BCUT2D eigenvalue weighted by molar-refractivity contribution is 0.0691. The molecule has 0 radical (unpaired) electrons. The molecule has 4 rings (SSSR count). The van der Waals surface area contributed by atoms with Gasteiger partial charge in [0.1, 0.15) is 17.1 Å². The smallest absolute Gasteiger partial charge is 0.341 e. The number of halogens is 3. The third kappa shape index (κ3) is 4.56. The molecule has 2 aromatic carbocycles. The highest BCUT2D eigenvalue weighted by Gasteiger charge is 2.71. The molecule has 0 spiro atoms. The average Bonchev–Trinajstić information content (AvgIpc) is 3.36. The van der Waals surface area contributed by atoms with Gasteiger partial charge in [-0.3, -0.25) is 0 Å². The predicted octanol–water partition coefficient (Wildman–Crippen LogP) is 5.74. The van der Waals surface area contributed by atoms with Gasteiger partial charge in [0.25, 0.3) is 5.92 Å². The van der Waals surface area contributed by atoms with Crippen molar-refractivity contribution in [3.63, 3.8) is 0 Å². The Kier molecular flexibility index (Phi) is 6.63. The number of carbonyl (C=O) groups is 1. The molecule has 5 nitrogen and oxygen atoms in total. The van der Waals surface area contributed by atoms with Gasteiger partial charge >= 0.3 is 5.97 Å². The Balaban J connectivity index is 1.56. The number of nitrogens with one attached hydrogen (secondary N) is 1. The minimum absolute atomic E-state index is 0.00928. The molecule has 0 aromatic heterocycles. The number of hydrogen-bond donors (Lipinski definition) is 2. The molecule has 0 saturated heterocycles. The van der Waals surface area contributed by atoms with Crippen LogP contribution in [0.2, 0.25) is 0 Å². The van der Waals surface area contributed by atoms with Crippen LogP contribution in [0.3, 0.4) is 0 Å². The first-order chi connectivity index (χ1) is 15.8. The van der Waals surface area contributed by atoms with Crippen molar-refractivity contribution in [2.24, 2.45) is 5.92 Å². The molecular weight excluding hydrogens is 453 g/mol. The SMILES string of the molecule is CCN(CC)C/C=C\c1cc(F)ccc1SNc1ccc2c(c1C(=O)O)OCC1C2C1(F)F. The summed E-state index contributed by atoms with van der Waals surface area (Å²) in [5.74, 6) is -6.42. The summed E-state index contributed by atoms with van der Waals surface area (Å²) in [4.78, 5) is 14.9. The molecule has 2 N–H and O–H groups in total. The molecule has 1 fully saturated rings. The van der Waals surface area contributed by atoms with E-state index in [9.17, 15) is 23.1 Å². The first-order valence-corrected chi connectivity index (χ1v) is 11.6. The maximum atomic E-state index is 14.0. The Morgan fingerprint density at radius 2 is 2.06 bits per heavy atom. The number of hydrogen-bond acceptors (Lipinski definition) is 5. The number of alkyl halides is 2. The molecular formula is C24H25F3N2O3S. The van der Waals surface area contributed by atoms with Gasteiger partial charge < -0.3 is 19.5 Å². The third-order valence-electron chi connectivity index (χ3n) is 6.14. The van der Waals surface area contributed by atoms with Crippen molar-refractivity contribution >= 4 is 29.7 Å². The Morgan fingerprint density at radius 3 is 2.76 bits per heavy atom. The van der Waals surface area contributed by atoms with E-state index >= 15 is 0 Å². The molecule has 2 unspecified atom stereocenters. The number of rotatable bonds is 9. The van der Waals surface area contributed by atoms with Crippen LogP contribution in [-0.2, 0) is 0 Å². The zero-order chi connectivity index (χ0) is 23.8. The van der Waals surface area contributed by atoms with Crippen LogP contribution in [0.15, 0.2) is 41.3 Å². The van der Waals surface area contributed by atoms with Crippen molar-refractivity contribution in [3.05, 3.63) is 58.9 Å². The minimum Gasteiger partial charge on any atom is -0.492 e. The van der Waals surface area contributed by atoms with Crippen molar-refractivity contribution in [1.82, 2.24) is 4.90 Å². The monoisotopic (exact) mass is 478 g/mol. The second-order valence-electron chi connectivity index (χ2n) is 8.06. The minimum atomic E-state index is -2.87. The number of anilines is 1. The van der Waals surface area contributed by atoms with E-state index in [0.717, 1.165) is 31.6 Å². The Labute approximate surface area is 194 Å². The van der Waals surface area contributed by atoms with Gasteiger partial charge in [-0.1, -0.05) is 32.1 Å². The molecule has 1 saturated carbocycles. The summed E-state index contributed by atoms with van der Waals surface area (Å²) in [5, 5.41) is 9.77. The zero-order valence-corrected chi connectivity index (χ0v) is 19.1. The molecule has 176 valence electrons. The van der Waals surface area contributed by atoms with Gasteiger partial charge in [-0.25, -0.2) is 18.0 Å². The highest BCUT2D eigenvalue weighted by atomic mass is 32.2. The van der Waals surface area contributed by atoms with Crippen LogP contribution in [0.1, 0.15) is 41.3 Å². The summed E-state index contributed by atoms with van der Waals surface area (Å²) in [5.41, 5.74) is 0.926. The lowest BCUT2D eigenvalue weighted by Gasteiger charge is -2.20. The predicted molar refractivity (Wildman–Crippen MR) is 123 cm³/mol. The maximum Gasteiger partial charge on any atom is 0.341 e. The molecule has 2 aromatic rings. The number of benzene rings is 2. The van der Waals surface area contributed by atoms with E-state index in [1.54, 1.807) is 6.07 Å². The van der Waals surface area contributed by atoms with Gasteiger partial charge in [0.15, 0.2) is 0 Å². The molecule has 2 atom stereocenters. The largest absolute Gasteiger partial charge is 0.492 e. The number of ether oxygens (including phenoxy) is 1. The van der Waals surface area contributed by atoms with Crippen molar-refractivity contribution in [2.75, 3.05) is 31.0 Å². The van der Waals surface area contributed by atoms with Crippen molar-refractivity contribution in [2.45, 2.75) is 30.6 Å². The summed E-state index contributed by atoms with van der Waals surface area (Å²) in [7, 11) is 0. The average molecular weight is 479 g/mol. The fourth-order valence-electron chi connectivity index (χ4n) is 4.15. The van der Waals surface area contributed by atoms with Crippen LogP contribution < -0.4 is 9.46 Å². The quantitative estimate of drug-likeness (QED) is 0.448. The fourth-order valence-corrected chi connectivity index (χ4v) is 4.93. The Bertz CT molecular complexity index is 1090. The lowest BCUT2D eigenvalue weighted by Crippen LogP contribution is -2.22. The summed E-state index contributed by atoms with van der Waals surface area (Å²) in [6, 6.07) is 7.32. The number of carboxylic acids is 1. The van der Waals surface area contributed by atoms with E-state index in [1.165, 1.54) is 24.3 Å². The first-order valence-electron chi connectivity index (χ1n) is 10.8. The standard InChI is InChI=1S/C24H25F3N2O3S/c1-3-29(4-2)11-5-6-14-12-15(25)7-10-19(14)33-28-18-9-8-16-21-17(24(21,26)27)13-32-22(16)20(18)23(30)31/h5-10,12,17,21,28H,3-4,11,13H2,1-2H3,(H,30,31)/b6-5-. The van der Waals surface area contributed by atoms with Crippen molar-refractivity contribution in [1.29, 1.82) is 0 Å². The topological polar surface area (TPSA) is 61.8 Å². The number of fused-ring (bicyclic) bond motifs is 3. The second-order valence-corrected chi connectivity index (χ2v) is 8.90. The van der Waals surface area contributed by atoms with Crippen molar-refractivity contribution < 1.29 is 27.8 Å². The van der Waals surface area contributed by atoms with Crippen LogP contribution in [-0.4, -0.2) is 48.1 Å². The van der Waals surface area contributed by atoms with Crippen LogP contribution in [0.25, 0.3) is 6.08 Å². The van der Waals surface area contributed by atoms with Crippen molar-refractivity contribution in [3.8, 4) is 5.75 Å². The van der Waals surface area contributed by atoms with E-state index in [1.807, 2.05) is 12.2 Å². The number of nitrogens with zero attached hydrogens (tertiary/aromatic N) is 1. The Hall–Kier alpha value is -2.65. The van der Waals surface area contributed by atoms with Gasteiger partial charge in [0.2, 0.25) is 0 Å². The zero-order valence-electron chi connectivity index (χ0n) is 18.3. The fraction of sp³-hybridized carbons (Fsp3) is 0.375. The van der Waals surface area contributed by atoms with E-state index in [4.69, 9.17) is 4.74 Å². The van der Waals surface area contributed by atoms with E-state index in [-0.39, 0.29) is 35.0 Å². The lowest BCUT2D eigenvalue weighted by atomic mass is 10.0. The number of carboxylic acid groups (broad SMARTS) is 1. The molecule has 1 heterocycles. The molecule has 33 heavy (non-hydrogen) atoms. The van der Waals surface area contributed by atoms with Gasteiger partial charge in [-0.05, 0) is 54.9 Å². The van der Waals surface area contributed by atoms with E-state index < -0.39 is 23.7 Å². The van der Waals surface area contributed by atoms with Gasteiger partial charge in [0.05, 0.1) is 24.1 Å². The summed E-state index contributed by atoms with van der Waals surface area (Å²) >= 11 is 1.12. The summed E-state index contributed by atoms with van der Waals surface area (Å²) in [6.07, 6.45) is 3.78. The molecule has 1 aliphatic carbocycles. The van der Waals surface area contributed by atoms with E-state index in [0.29, 0.717) is 10.5 Å². The van der Waals surface area contributed by atoms with Gasteiger partial charge in [-0.15, -0.1) is 0 Å². The molecule has 1 aliphatic heterocycles. The maximum absolute atomic E-state index is 14.0. The summed E-state index contributed by atoms with van der Waals surface area (Å²) in [6.45, 7) is 6.45. The van der Waals surface area contributed by atoms with E-state index in [2.05, 4.69) is 23.5 Å². The highest BCUT2D eigenvalue weighted by Crippen LogP contribution is 2.65. The molecule has 9 heteroatoms. The second kappa shape index (κ2) is 9.30. The normalized spacial score (nSPS) is 20.3. The van der Waals surface area contributed by atoms with Crippen LogP contribution in [0.5, 0.6) is 5.75 Å².